The van der Waals surface area contributed by atoms with Crippen molar-refractivity contribution in [3.8, 4) is 11.5 Å². The zero-order valence-electron chi connectivity index (χ0n) is 13.8. The van der Waals surface area contributed by atoms with Crippen LogP contribution in [-0.4, -0.2) is 26.0 Å². The molecule has 1 atom stereocenters. The molecule has 1 aliphatic rings. The molecule has 7 heteroatoms. The van der Waals surface area contributed by atoms with E-state index in [9.17, 15) is 13.6 Å². The van der Waals surface area contributed by atoms with Crippen molar-refractivity contribution in [2.24, 2.45) is 0 Å². The van der Waals surface area contributed by atoms with E-state index in [-0.39, 0.29) is 5.56 Å². The van der Waals surface area contributed by atoms with E-state index >= 15 is 0 Å². The molecule has 2 aromatic carbocycles. The number of hydrogen-bond donors (Lipinski definition) is 0. The van der Waals surface area contributed by atoms with Crippen LogP contribution in [0.3, 0.4) is 0 Å². The SMILES string of the molecule is COc1ccc([C@H]2N(c3cccc(Cl)c3C)C(=O)C2(F)F)cc1OC. The summed E-state index contributed by atoms with van der Waals surface area (Å²) in [7, 11) is 2.88. The maximum atomic E-state index is 14.4. The lowest BCUT2D eigenvalue weighted by molar-refractivity contribution is -0.162. The average Bonchev–Trinajstić information content (AvgIpc) is 2.61. The highest BCUT2D eigenvalue weighted by Gasteiger charge is 2.65. The van der Waals surface area contributed by atoms with Gasteiger partial charge < -0.3 is 9.47 Å². The van der Waals surface area contributed by atoms with Crippen molar-refractivity contribution in [1.29, 1.82) is 0 Å². The molecule has 4 nitrogen and oxygen atoms in total. The summed E-state index contributed by atoms with van der Waals surface area (Å²) in [6.07, 6.45) is 0. The van der Waals surface area contributed by atoms with Crippen molar-refractivity contribution < 1.29 is 23.0 Å². The molecule has 0 radical (unpaired) electrons. The minimum Gasteiger partial charge on any atom is -0.493 e. The number of hydrogen-bond acceptors (Lipinski definition) is 3. The Balaban J connectivity index is 2.09. The van der Waals surface area contributed by atoms with Gasteiger partial charge in [0.05, 0.1) is 14.2 Å². The summed E-state index contributed by atoms with van der Waals surface area (Å²) in [5, 5.41) is 0.409. The van der Waals surface area contributed by atoms with Crippen LogP contribution in [0.2, 0.25) is 5.02 Å². The van der Waals surface area contributed by atoms with E-state index in [1.807, 2.05) is 0 Å². The Labute approximate surface area is 148 Å². The molecule has 132 valence electrons. The third kappa shape index (κ3) is 2.61. The highest BCUT2D eigenvalue weighted by atomic mass is 35.5. The summed E-state index contributed by atoms with van der Waals surface area (Å²) in [4.78, 5) is 13.2. The lowest BCUT2D eigenvalue weighted by Crippen LogP contribution is -2.64. The molecule has 1 amide bonds. The fraction of sp³-hybridized carbons (Fsp3) is 0.278. The molecule has 0 unspecified atom stereocenters. The van der Waals surface area contributed by atoms with E-state index in [0.717, 1.165) is 4.90 Å². The first-order valence-corrected chi connectivity index (χ1v) is 7.89. The van der Waals surface area contributed by atoms with Gasteiger partial charge in [-0.2, -0.15) is 8.78 Å². The molecule has 3 rings (SSSR count). The van der Waals surface area contributed by atoms with Crippen molar-refractivity contribution in [2.45, 2.75) is 18.9 Å². The number of nitrogens with zero attached hydrogens (tertiary/aromatic N) is 1. The number of alkyl halides is 2. The van der Waals surface area contributed by atoms with Crippen molar-refractivity contribution in [3.05, 3.63) is 52.5 Å². The Morgan fingerprint density at radius 2 is 1.80 bits per heavy atom. The van der Waals surface area contributed by atoms with Gasteiger partial charge in [-0.15, -0.1) is 0 Å². The van der Waals surface area contributed by atoms with Crippen molar-refractivity contribution >= 4 is 23.2 Å². The van der Waals surface area contributed by atoms with Gasteiger partial charge in [-0.05, 0) is 42.3 Å². The number of carbonyl (C=O) groups excluding carboxylic acids is 1. The van der Waals surface area contributed by atoms with Crippen molar-refractivity contribution in [3.63, 3.8) is 0 Å². The van der Waals surface area contributed by atoms with E-state index < -0.39 is 17.9 Å². The molecule has 0 saturated carbocycles. The number of β-lactam (4-membered cyclic amide) rings is 1. The Kier molecular flexibility index (Phi) is 4.33. The van der Waals surface area contributed by atoms with Crippen LogP contribution in [0.1, 0.15) is 17.2 Å². The molecule has 1 aliphatic heterocycles. The number of ether oxygens (including phenoxy) is 2. The quantitative estimate of drug-likeness (QED) is 0.752. The lowest BCUT2D eigenvalue weighted by Gasteiger charge is -2.47. The van der Waals surface area contributed by atoms with Gasteiger partial charge in [0, 0.05) is 10.7 Å². The Hall–Kier alpha value is -2.34. The van der Waals surface area contributed by atoms with Crippen LogP contribution in [0.15, 0.2) is 36.4 Å². The molecule has 0 aromatic heterocycles. The fourth-order valence-electron chi connectivity index (χ4n) is 2.98. The predicted molar refractivity (Wildman–Crippen MR) is 90.9 cm³/mol. The number of halogens is 3. The standard InChI is InChI=1S/C18H16ClF2NO3/c1-10-12(19)5-4-6-13(10)22-16(18(20,21)17(22)23)11-7-8-14(24-2)15(9-11)25-3/h4-9,16H,1-3H3/t16-/m1/s1. The van der Waals surface area contributed by atoms with Crippen molar-refractivity contribution in [1.82, 2.24) is 0 Å². The van der Waals surface area contributed by atoms with Gasteiger partial charge in [0.2, 0.25) is 0 Å². The van der Waals surface area contributed by atoms with Crippen LogP contribution in [-0.2, 0) is 4.79 Å². The predicted octanol–water partition coefficient (Wildman–Crippen LogP) is 4.39. The second kappa shape index (κ2) is 6.19. The van der Waals surface area contributed by atoms with Crippen molar-refractivity contribution in [2.75, 3.05) is 19.1 Å². The summed E-state index contributed by atoms with van der Waals surface area (Å²) >= 11 is 6.08. The smallest absolute Gasteiger partial charge is 0.349 e. The molecule has 25 heavy (non-hydrogen) atoms. The number of methoxy groups -OCH3 is 2. The summed E-state index contributed by atoms with van der Waals surface area (Å²) in [6, 6.07) is 7.93. The Bertz CT molecular complexity index is 841. The van der Waals surface area contributed by atoms with Crippen LogP contribution < -0.4 is 14.4 Å². The van der Waals surface area contributed by atoms with Gasteiger partial charge >= 0.3 is 11.8 Å². The number of amides is 1. The Morgan fingerprint density at radius 1 is 1.12 bits per heavy atom. The number of anilines is 1. The van der Waals surface area contributed by atoms with E-state index in [4.69, 9.17) is 21.1 Å². The lowest BCUT2D eigenvalue weighted by atomic mass is 9.88. The molecule has 0 N–H and O–H groups in total. The molecule has 0 bridgehead atoms. The summed E-state index contributed by atoms with van der Waals surface area (Å²) in [5.74, 6) is -4.02. The molecule has 0 spiro atoms. The molecule has 1 heterocycles. The fourth-order valence-corrected chi connectivity index (χ4v) is 3.15. The molecule has 1 saturated heterocycles. The van der Waals surface area contributed by atoms with Crippen LogP contribution >= 0.6 is 11.6 Å². The van der Waals surface area contributed by atoms with Crippen LogP contribution in [0.4, 0.5) is 14.5 Å². The topological polar surface area (TPSA) is 38.8 Å². The molecule has 2 aromatic rings. The second-order valence-electron chi connectivity index (χ2n) is 5.70. The molecule has 0 aliphatic carbocycles. The second-order valence-corrected chi connectivity index (χ2v) is 6.11. The van der Waals surface area contributed by atoms with E-state index in [2.05, 4.69) is 0 Å². The van der Waals surface area contributed by atoms with Gasteiger partial charge in [0.25, 0.3) is 0 Å². The number of benzene rings is 2. The van der Waals surface area contributed by atoms with Gasteiger partial charge in [0.15, 0.2) is 11.5 Å². The minimum absolute atomic E-state index is 0.252. The van der Waals surface area contributed by atoms with E-state index in [1.165, 1.54) is 32.4 Å². The third-order valence-corrected chi connectivity index (χ3v) is 4.74. The first-order chi connectivity index (χ1) is 11.8. The van der Waals surface area contributed by atoms with E-state index in [0.29, 0.717) is 27.8 Å². The molecule has 1 fully saturated rings. The highest BCUT2D eigenvalue weighted by molar-refractivity contribution is 6.32. The van der Waals surface area contributed by atoms with Gasteiger partial charge in [-0.1, -0.05) is 23.7 Å². The average molecular weight is 368 g/mol. The molecular weight excluding hydrogens is 352 g/mol. The van der Waals surface area contributed by atoms with Crippen LogP contribution in [0, 0.1) is 6.92 Å². The monoisotopic (exact) mass is 367 g/mol. The highest BCUT2D eigenvalue weighted by Crippen LogP contribution is 2.51. The maximum absolute atomic E-state index is 14.4. The first-order valence-electron chi connectivity index (χ1n) is 7.51. The van der Waals surface area contributed by atoms with E-state index in [1.54, 1.807) is 25.1 Å². The summed E-state index contributed by atoms with van der Waals surface area (Å²) < 4.78 is 39.1. The van der Waals surface area contributed by atoms with Gasteiger partial charge in [-0.3, -0.25) is 9.69 Å². The Morgan fingerprint density at radius 3 is 2.44 bits per heavy atom. The summed E-state index contributed by atoms with van der Waals surface area (Å²) in [5.41, 5.74) is 1.18. The van der Waals surface area contributed by atoms with Crippen LogP contribution in [0.25, 0.3) is 0 Å². The normalized spacial score (nSPS) is 18.7. The maximum Gasteiger partial charge on any atom is 0.349 e. The van der Waals surface area contributed by atoms with Gasteiger partial charge in [0.1, 0.15) is 6.04 Å². The largest absolute Gasteiger partial charge is 0.493 e. The zero-order valence-corrected chi connectivity index (χ0v) is 14.6. The number of rotatable bonds is 4. The first kappa shape index (κ1) is 17.5. The summed E-state index contributed by atoms with van der Waals surface area (Å²) in [6.45, 7) is 1.69. The third-order valence-electron chi connectivity index (χ3n) is 4.33. The minimum atomic E-state index is -3.51. The number of carbonyl (C=O) groups is 1. The van der Waals surface area contributed by atoms with Crippen LogP contribution in [0.5, 0.6) is 11.5 Å². The van der Waals surface area contributed by atoms with Gasteiger partial charge in [-0.25, -0.2) is 0 Å². The molecular formula is C18H16ClF2NO3. The zero-order chi connectivity index (χ0) is 18.4.